The number of methoxy groups -OCH3 is 3. The van der Waals surface area contributed by atoms with Gasteiger partial charge in [-0.15, -0.1) is 0 Å². The molecule has 0 atom stereocenters. The Morgan fingerprint density at radius 3 is 2.17 bits per heavy atom. The molecule has 6 nitrogen and oxygen atoms in total. The smallest absolute Gasteiger partial charge is 0.293 e. The van der Waals surface area contributed by atoms with Crippen LogP contribution in [0.25, 0.3) is 6.08 Å². The summed E-state index contributed by atoms with van der Waals surface area (Å²) in [6.45, 7) is 0.105. The van der Waals surface area contributed by atoms with Crippen LogP contribution in [0.3, 0.4) is 0 Å². The Labute approximate surface area is 182 Å². The first-order valence-corrected chi connectivity index (χ1v) is 9.94. The van der Waals surface area contributed by atoms with Gasteiger partial charge < -0.3 is 14.2 Å². The van der Waals surface area contributed by atoms with Crippen LogP contribution in [0.4, 0.5) is 4.79 Å². The van der Waals surface area contributed by atoms with Crippen molar-refractivity contribution >= 4 is 52.2 Å². The van der Waals surface area contributed by atoms with Gasteiger partial charge in [0.25, 0.3) is 11.1 Å². The minimum Gasteiger partial charge on any atom is -0.493 e. The Kier molecular flexibility index (Phi) is 6.62. The van der Waals surface area contributed by atoms with E-state index in [1.54, 1.807) is 36.4 Å². The van der Waals surface area contributed by atoms with Crippen molar-refractivity contribution < 1.29 is 23.8 Å². The van der Waals surface area contributed by atoms with Gasteiger partial charge in [0, 0.05) is 0 Å². The number of ether oxygens (including phenoxy) is 3. The Morgan fingerprint density at radius 1 is 0.966 bits per heavy atom. The molecule has 152 valence electrons. The van der Waals surface area contributed by atoms with Gasteiger partial charge in [-0.05, 0) is 53.2 Å². The molecule has 1 saturated heterocycles. The third-order valence-electron chi connectivity index (χ3n) is 4.18. The predicted molar refractivity (Wildman–Crippen MR) is 114 cm³/mol. The van der Waals surface area contributed by atoms with Crippen molar-refractivity contribution in [2.75, 3.05) is 21.3 Å². The zero-order valence-corrected chi connectivity index (χ0v) is 18.2. The SMILES string of the molecule is COc1cc(/C=C2\SC(=O)N(Cc3ccc(Cl)c(Cl)c3)C2=O)cc(OC)c1OC. The molecule has 9 heteroatoms. The first-order valence-electron chi connectivity index (χ1n) is 8.37. The lowest BCUT2D eigenvalue weighted by molar-refractivity contribution is -0.123. The fourth-order valence-electron chi connectivity index (χ4n) is 2.79. The molecular weight excluding hydrogens is 437 g/mol. The average molecular weight is 454 g/mol. The molecule has 0 aliphatic carbocycles. The van der Waals surface area contributed by atoms with Crippen molar-refractivity contribution in [1.82, 2.24) is 4.90 Å². The van der Waals surface area contributed by atoms with Gasteiger partial charge in [0.15, 0.2) is 11.5 Å². The lowest BCUT2D eigenvalue weighted by Gasteiger charge is -2.13. The minimum absolute atomic E-state index is 0.105. The zero-order chi connectivity index (χ0) is 21.1. The average Bonchev–Trinajstić information content (AvgIpc) is 2.97. The lowest BCUT2D eigenvalue weighted by atomic mass is 10.1. The molecule has 29 heavy (non-hydrogen) atoms. The van der Waals surface area contributed by atoms with Crippen molar-refractivity contribution in [1.29, 1.82) is 0 Å². The van der Waals surface area contributed by atoms with Gasteiger partial charge in [-0.2, -0.15) is 0 Å². The van der Waals surface area contributed by atoms with Crippen LogP contribution in [0.2, 0.25) is 10.0 Å². The second-order valence-electron chi connectivity index (χ2n) is 5.97. The van der Waals surface area contributed by atoms with E-state index >= 15 is 0 Å². The molecule has 1 aliphatic heterocycles. The summed E-state index contributed by atoms with van der Waals surface area (Å²) in [6, 6.07) is 8.39. The first kappa shape index (κ1) is 21.4. The minimum atomic E-state index is -0.389. The molecule has 0 radical (unpaired) electrons. The topological polar surface area (TPSA) is 65.1 Å². The number of carbonyl (C=O) groups is 2. The van der Waals surface area contributed by atoms with E-state index in [4.69, 9.17) is 37.4 Å². The summed E-state index contributed by atoms with van der Waals surface area (Å²) in [5, 5.41) is 0.413. The maximum Gasteiger partial charge on any atom is 0.293 e. The van der Waals surface area contributed by atoms with Crippen molar-refractivity contribution in [3.63, 3.8) is 0 Å². The number of hydrogen-bond donors (Lipinski definition) is 0. The number of halogens is 2. The van der Waals surface area contributed by atoms with E-state index in [9.17, 15) is 9.59 Å². The van der Waals surface area contributed by atoms with Crippen LogP contribution in [0, 0.1) is 0 Å². The Morgan fingerprint density at radius 2 is 1.62 bits per heavy atom. The Bertz CT molecular complexity index is 983. The van der Waals surface area contributed by atoms with Gasteiger partial charge in [0.2, 0.25) is 5.75 Å². The molecule has 2 amide bonds. The molecule has 0 aromatic heterocycles. The molecule has 3 rings (SSSR count). The largest absolute Gasteiger partial charge is 0.493 e. The van der Waals surface area contributed by atoms with Gasteiger partial charge in [-0.1, -0.05) is 29.3 Å². The van der Waals surface area contributed by atoms with Crippen molar-refractivity contribution in [2.24, 2.45) is 0 Å². The maximum absolute atomic E-state index is 12.8. The summed E-state index contributed by atoms with van der Waals surface area (Å²) in [7, 11) is 4.52. The molecule has 1 heterocycles. The monoisotopic (exact) mass is 453 g/mol. The lowest BCUT2D eigenvalue weighted by Crippen LogP contribution is -2.27. The molecule has 0 saturated carbocycles. The number of carbonyl (C=O) groups excluding carboxylic acids is 2. The molecule has 0 N–H and O–H groups in total. The molecule has 0 spiro atoms. The van der Waals surface area contributed by atoms with Crippen LogP contribution in [0.5, 0.6) is 17.2 Å². The number of benzene rings is 2. The number of hydrogen-bond acceptors (Lipinski definition) is 6. The van der Waals surface area contributed by atoms with E-state index in [1.165, 1.54) is 21.3 Å². The van der Waals surface area contributed by atoms with E-state index in [0.717, 1.165) is 16.7 Å². The van der Waals surface area contributed by atoms with Crippen LogP contribution in [-0.2, 0) is 11.3 Å². The van der Waals surface area contributed by atoms with E-state index in [0.29, 0.717) is 43.3 Å². The summed E-state index contributed by atoms with van der Waals surface area (Å²) in [5.74, 6) is 0.959. The van der Waals surface area contributed by atoms with Crippen molar-refractivity contribution in [3.05, 3.63) is 56.4 Å². The third kappa shape index (κ3) is 4.47. The van der Waals surface area contributed by atoms with Crippen molar-refractivity contribution in [2.45, 2.75) is 6.54 Å². The molecule has 1 aliphatic rings. The highest BCUT2D eigenvalue weighted by Gasteiger charge is 2.35. The maximum atomic E-state index is 12.8. The van der Waals surface area contributed by atoms with Gasteiger partial charge in [0.1, 0.15) is 0 Å². The van der Waals surface area contributed by atoms with Gasteiger partial charge in [-0.25, -0.2) is 0 Å². The standard InChI is InChI=1S/C20H17Cl2NO5S/c1-26-15-7-12(8-16(27-2)18(15)28-3)9-17-19(24)23(20(25)29-17)10-11-4-5-13(21)14(22)6-11/h4-9H,10H2,1-3H3/b17-9-. The van der Waals surface area contributed by atoms with E-state index in [2.05, 4.69) is 0 Å². The van der Waals surface area contributed by atoms with Crippen LogP contribution in [0.15, 0.2) is 35.2 Å². The van der Waals surface area contributed by atoms with E-state index < -0.39 is 0 Å². The van der Waals surface area contributed by atoms with E-state index in [1.807, 2.05) is 0 Å². The number of nitrogens with zero attached hydrogens (tertiary/aromatic N) is 1. The quantitative estimate of drug-likeness (QED) is 0.556. The summed E-state index contributed by atoms with van der Waals surface area (Å²) in [5.41, 5.74) is 1.34. The van der Waals surface area contributed by atoms with E-state index in [-0.39, 0.29) is 17.7 Å². The molecule has 1 fully saturated rings. The van der Waals surface area contributed by atoms with Crippen LogP contribution in [0.1, 0.15) is 11.1 Å². The highest BCUT2D eigenvalue weighted by molar-refractivity contribution is 8.18. The molecule has 0 unspecified atom stereocenters. The second-order valence-corrected chi connectivity index (χ2v) is 7.78. The zero-order valence-electron chi connectivity index (χ0n) is 15.8. The highest BCUT2D eigenvalue weighted by atomic mass is 35.5. The van der Waals surface area contributed by atoms with Crippen LogP contribution >= 0.6 is 35.0 Å². The molecule has 2 aromatic carbocycles. The Balaban J connectivity index is 1.89. The number of rotatable bonds is 6. The third-order valence-corrected chi connectivity index (χ3v) is 5.83. The number of amides is 2. The van der Waals surface area contributed by atoms with Gasteiger partial charge >= 0.3 is 0 Å². The second kappa shape index (κ2) is 8.98. The van der Waals surface area contributed by atoms with Gasteiger partial charge in [0.05, 0.1) is 42.8 Å². The van der Waals surface area contributed by atoms with Crippen LogP contribution in [-0.4, -0.2) is 37.4 Å². The highest BCUT2D eigenvalue weighted by Crippen LogP contribution is 2.40. The van der Waals surface area contributed by atoms with Crippen LogP contribution < -0.4 is 14.2 Å². The Hall–Kier alpha value is -2.35. The van der Waals surface area contributed by atoms with Crippen molar-refractivity contribution in [3.8, 4) is 17.2 Å². The fourth-order valence-corrected chi connectivity index (χ4v) is 3.95. The summed E-state index contributed by atoms with van der Waals surface area (Å²) < 4.78 is 15.9. The summed E-state index contributed by atoms with van der Waals surface area (Å²) in [4.78, 5) is 26.6. The molecule has 2 aromatic rings. The number of thioether (sulfide) groups is 1. The summed E-state index contributed by atoms with van der Waals surface area (Å²) in [6.07, 6.45) is 1.62. The number of imide groups is 1. The summed E-state index contributed by atoms with van der Waals surface area (Å²) >= 11 is 12.8. The fraction of sp³-hybridized carbons (Fsp3) is 0.200. The first-order chi connectivity index (χ1) is 13.9. The normalized spacial score (nSPS) is 15.2. The predicted octanol–water partition coefficient (Wildman–Crippen LogP) is 5.26. The van der Waals surface area contributed by atoms with Gasteiger partial charge in [-0.3, -0.25) is 14.5 Å². The molecule has 0 bridgehead atoms. The molecular formula is C20H17Cl2NO5S.